The second kappa shape index (κ2) is 6.76. The Morgan fingerprint density at radius 2 is 0.977 bits per heavy atom. The van der Waals surface area contributed by atoms with Crippen molar-refractivity contribution in [1.82, 2.24) is 4.57 Å². The number of fused-ring (bicyclic) bond motifs is 9. The van der Waals surface area contributed by atoms with Gasteiger partial charge in [-0.05, 0) is 79.4 Å². The number of nitrogens with zero attached hydrogens (tertiary/aromatic N) is 1. The lowest BCUT2D eigenvalue weighted by Crippen LogP contribution is -2.36. The van der Waals surface area contributed by atoms with Crippen molar-refractivity contribution in [2.75, 3.05) is 0 Å². The smallest absolute Gasteiger partial charge is 0.0634 e. The highest BCUT2D eigenvalue weighted by molar-refractivity contribution is 6.18. The summed E-state index contributed by atoms with van der Waals surface area (Å²) in [5.41, 5.74) is 20.6. The van der Waals surface area contributed by atoms with Gasteiger partial charge in [-0.2, -0.15) is 0 Å². The molecule has 0 spiro atoms. The molecule has 0 amide bonds. The fraction of sp³-hybridized carbons (Fsp3) is 0.286. The van der Waals surface area contributed by atoms with Crippen molar-refractivity contribution in [3.05, 3.63) is 123 Å². The highest BCUT2D eigenvalue weighted by Gasteiger charge is 2.51. The van der Waals surface area contributed by atoms with Crippen LogP contribution in [0.4, 0.5) is 0 Å². The van der Waals surface area contributed by atoms with Crippen LogP contribution in [0.5, 0.6) is 0 Å². The SMILES string of the molecule is CC1(C)c2ccccc2-c2cc3c4cc5c(c6c4n4c3c(c21)C(C)(C)c1c#ccc(c1-4)C6(C)C)C(C)(C)c1ccccc1-5. The van der Waals surface area contributed by atoms with E-state index in [1.807, 2.05) is 0 Å². The lowest BCUT2D eigenvalue weighted by molar-refractivity contribution is 0.560. The molecule has 43 heavy (non-hydrogen) atoms. The normalized spacial score (nSPS) is 19.3. The zero-order valence-corrected chi connectivity index (χ0v) is 26.3. The monoisotopic (exact) mass is 553 g/mol. The third-order valence-corrected chi connectivity index (χ3v) is 12.0. The summed E-state index contributed by atoms with van der Waals surface area (Å²) in [6, 6.07) is 32.8. The van der Waals surface area contributed by atoms with Crippen molar-refractivity contribution >= 4 is 21.8 Å². The molecule has 1 aromatic heterocycles. The number of hydrogen-bond donors (Lipinski definition) is 0. The Balaban J connectivity index is 1.53. The van der Waals surface area contributed by atoms with Crippen LogP contribution in [-0.4, -0.2) is 4.57 Å². The van der Waals surface area contributed by atoms with E-state index in [9.17, 15) is 0 Å². The Morgan fingerprint density at radius 3 is 1.51 bits per heavy atom. The molecule has 3 heterocycles. The lowest BCUT2D eigenvalue weighted by Gasteiger charge is -2.44. The molecule has 0 saturated heterocycles. The van der Waals surface area contributed by atoms with Crippen molar-refractivity contribution in [3.8, 4) is 27.9 Å². The Morgan fingerprint density at radius 1 is 0.512 bits per heavy atom. The minimum absolute atomic E-state index is 0.0894. The Bertz CT molecular complexity index is 2170. The van der Waals surface area contributed by atoms with Crippen LogP contribution in [0, 0.1) is 12.1 Å². The molecule has 0 atom stereocenters. The average Bonchev–Trinajstić information content (AvgIpc) is 3.51. The minimum atomic E-state index is -0.225. The van der Waals surface area contributed by atoms with E-state index in [0.717, 1.165) is 0 Å². The standard InChI is InChI=1S/C42H35N/c1-39(2)28-16-11-9-14-22(28)24-20-26-27-21-25-23-15-10-12-17-29(23)40(3,4)33(25)35-37(27)43-36(26)34(32(24)39)41(5,6)30-18-13-19-31(38(30)43)42(35,7)8/h9-12,14-18,20-21H,1-8H3. The van der Waals surface area contributed by atoms with E-state index >= 15 is 0 Å². The molecule has 5 aromatic carbocycles. The Labute approximate surface area is 254 Å². The summed E-state index contributed by atoms with van der Waals surface area (Å²) in [4.78, 5) is 0. The van der Waals surface area contributed by atoms with Crippen LogP contribution < -0.4 is 0 Å². The summed E-state index contributed by atoms with van der Waals surface area (Å²) in [5.74, 6) is 0. The predicted octanol–water partition coefficient (Wildman–Crippen LogP) is 10.3. The van der Waals surface area contributed by atoms with Crippen LogP contribution >= 0.6 is 0 Å². The van der Waals surface area contributed by atoms with Crippen LogP contribution in [0.3, 0.4) is 0 Å². The molecule has 2 aliphatic heterocycles. The van der Waals surface area contributed by atoms with E-state index in [1.54, 1.807) is 0 Å². The van der Waals surface area contributed by atoms with Crippen LogP contribution in [-0.2, 0) is 21.7 Å². The quantitative estimate of drug-likeness (QED) is 0.176. The highest BCUT2D eigenvalue weighted by atomic mass is 15.0. The molecule has 6 aromatic rings. The van der Waals surface area contributed by atoms with Gasteiger partial charge in [0.2, 0.25) is 0 Å². The summed E-state index contributed by atoms with van der Waals surface area (Å²) in [5, 5.41) is 2.77. The number of rotatable bonds is 0. The fourth-order valence-corrected chi connectivity index (χ4v) is 10.2. The molecule has 208 valence electrons. The molecule has 0 radical (unpaired) electrons. The molecule has 0 fully saturated rings. The first-order valence-corrected chi connectivity index (χ1v) is 15.8. The summed E-state index contributed by atoms with van der Waals surface area (Å²) in [6.07, 6.45) is 0. The molecule has 1 nitrogen and oxygen atoms in total. The van der Waals surface area contributed by atoms with Crippen LogP contribution in [0.25, 0.3) is 49.7 Å². The van der Waals surface area contributed by atoms with Gasteiger partial charge in [-0.3, -0.25) is 0 Å². The van der Waals surface area contributed by atoms with E-state index in [4.69, 9.17) is 0 Å². The third kappa shape index (κ3) is 2.33. The molecule has 10 rings (SSSR count). The highest BCUT2D eigenvalue weighted by Crippen LogP contribution is 2.63. The van der Waals surface area contributed by atoms with E-state index < -0.39 is 0 Å². The minimum Gasteiger partial charge on any atom is -0.307 e. The van der Waals surface area contributed by atoms with Crippen molar-refractivity contribution < 1.29 is 0 Å². The summed E-state index contributed by atoms with van der Waals surface area (Å²) >= 11 is 0. The van der Waals surface area contributed by atoms with Crippen molar-refractivity contribution in [1.29, 1.82) is 0 Å². The Hall–Kier alpha value is -4.28. The maximum Gasteiger partial charge on any atom is 0.0634 e. The average molecular weight is 554 g/mol. The number of hydrogen-bond acceptors (Lipinski definition) is 0. The van der Waals surface area contributed by atoms with Crippen LogP contribution in [0.1, 0.15) is 99.9 Å². The molecule has 2 aliphatic carbocycles. The van der Waals surface area contributed by atoms with Crippen molar-refractivity contribution in [3.63, 3.8) is 0 Å². The van der Waals surface area contributed by atoms with E-state index in [-0.39, 0.29) is 21.7 Å². The molecular formula is C42H35N. The first kappa shape index (κ1) is 24.2. The zero-order valence-electron chi connectivity index (χ0n) is 26.3. The zero-order chi connectivity index (χ0) is 29.6. The number of benzene rings is 4. The largest absolute Gasteiger partial charge is 0.307 e. The van der Waals surface area contributed by atoms with Crippen molar-refractivity contribution in [2.45, 2.75) is 77.0 Å². The topological polar surface area (TPSA) is 4.93 Å². The van der Waals surface area contributed by atoms with Gasteiger partial charge >= 0.3 is 0 Å². The van der Waals surface area contributed by atoms with Gasteiger partial charge < -0.3 is 4.57 Å². The second-order valence-corrected chi connectivity index (χ2v) is 15.6. The maximum atomic E-state index is 3.70. The summed E-state index contributed by atoms with van der Waals surface area (Å²) in [6.45, 7) is 19.5. The summed E-state index contributed by atoms with van der Waals surface area (Å²) in [7, 11) is 0. The summed E-state index contributed by atoms with van der Waals surface area (Å²) < 4.78 is 2.68. The molecule has 0 bridgehead atoms. The van der Waals surface area contributed by atoms with Gasteiger partial charge in [0.1, 0.15) is 0 Å². The molecule has 0 unspecified atom stereocenters. The molecular weight excluding hydrogens is 518 g/mol. The predicted molar refractivity (Wildman–Crippen MR) is 178 cm³/mol. The van der Waals surface area contributed by atoms with Gasteiger partial charge in [0, 0.05) is 38.0 Å². The van der Waals surface area contributed by atoms with Gasteiger partial charge in [0.25, 0.3) is 0 Å². The van der Waals surface area contributed by atoms with E-state index in [0.29, 0.717) is 0 Å². The second-order valence-electron chi connectivity index (χ2n) is 15.6. The number of aromatic nitrogens is 1. The van der Waals surface area contributed by atoms with Crippen LogP contribution in [0.15, 0.2) is 66.7 Å². The van der Waals surface area contributed by atoms with Gasteiger partial charge in [-0.25, -0.2) is 0 Å². The van der Waals surface area contributed by atoms with E-state index in [1.165, 1.54) is 94.3 Å². The molecule has 4 aliphatic rings. The fourth-order valence-electron chi connectivity index (χ4n) is 10.2. The van der Waals surface area contributed by atoms with Gasteiger partial charge in [0.15, 0.2) is 0 Å². The Kier molecular flexibility index (Phi) is 3.80. The van der Waals surface area contributed by atoms with E-state index in [2.05, 4.69) is 139 Å². The van der Waals surface area contributed by atoms with Gasteiger partial charge in [-0.1, -0.05) is 116 Å². The maximum absolute atomic E-state index is 3.70. The molecule has 0 N–H and O–H groups in total. The first-order chi connectivity index (χ1) is 20.4. The lowest BCUT2D eigenvalue weighted by atomic mass is 9.64. The van der Waals surface area contributed by atoms with Crippen molar-refractivity contribution in [2.24, 2.45) is 0 Å². The molecule has 0 saturated carbocycles. The van der Waals surface area contributed by atoms with Crippen LogP contribution in [0.2, 0.25) is 0 Å². The molecule has 1 heteroatoms. The first-order valence-electron chi connectivity index (χ1n) is 15.8. The van der Waals surface area contributed by atoms with Gasteiger partial charge in [-0.15, -0.1) is 0 Å². The van der Waals surface area contributed by atoms with Gasteiger partial charge in [0.05, 0.1) is 16.7 Å². The third-order valence-electron chi connectivity index (χ3n) is 12.0.